The Morgan fingerprint density at radius 3 is 3.11 bits per heavy atom. The van der Waals surface area contributed by atoms with E-state index < -0.39 is 5.91 Å². The summed E-state index contributed by atoms with van der Waals surface area (Å²) in [6, 6.07) is 0.115. The van der Waals surface area contributed by atoms with Gasteiger partial charge in [-0.05, 0) is 6.42 Å². The number of hydrogen-bond acceptors (Lipinski definition) is 6. The molecule has 1 aliphatic heterocycles. The molecule has 3 rings (SSSR count). The van der Waals surface area contributed by atoms with Crippen LogP contribution in [-0.4, -0.2) is 39.0 Å². The van der Waals surface area contributed by atoms with Gasteiger partial charge in [-0.3, -0.25) is 4.79 Å². The van der Waals surface area contributed by atoms with E-state index >= 15 is 0 Å². The second kappa shape index (κ2) is 4.81. The fourth-order valence-corrected chi connectivity index (χ4v) is 2.33. The molecule has 2 aromatic rings. The third-order valence-electron chi connectivity index (χ3n) is 3.32. The highest BCUT2D eigenvalue weighted by molar-refractivity contribution is 5.90. The molecule has 3 heterocycles. The summed E-state index contributed by atoms with van der Waals surface area (Å²) in [5.74, 6) is 0.525. The lowest BCUT2D eigenvalue weighted by Crippen LogP contribution is -2.36. The van der Waals surface area contributed by atoms with E-state index in [1.54, 1.807) is 17.1 Å². The largest absolute Gasteiger partial charge is 0.448 e. The van der Waals surface area contributed by atoms with E-state index in [-0.39, 0.29) is 17.7 Å². The summed E-state index contributed by atoms with van der Waals surface area (Å²) in [7, 11) is 0. The van der Waals surface area contributed by atoms with Gasteiger partial charge in [-0.15, -0.1) is 5.10 Å². The molecule has 1 saturated heterocycles. The number of nitrogens with two attached hydrogens (primary N) is 1. The van der Waals surface area contributed by atoms with Crippen LogP contribution in [0.4, 0.5) is 0 Å². The summed E-state index contributed by atoms with van der Waals surface area (Å²) in [4.78, 5) is 14.9. The second-order valence-electron chi connectivity index (χ2n) is 4.60. The SMILES string of the molecule is NC(=O)c1cn([C@@H]2CNC[C@H](c3cnco3)C2)nn1. The fraction of sp³-hybridized carbons (Fsp3) is 0.455. The molecule has 8 heteroatoms. The van der Waals surface area contributed by atoms with Gasteiger partial charge in [-0.1, -0.05) is 5.21 Å². The zero-order chi connectivity index (χ0) is 13.2. The molecular formula is C11H14N6O2. The number of carbonyl (C=O) groups is 1. The molecule has 0 unspecified atom stereocenters. The highest BCUT2D eigenvalue weighted by atomic mass is 16.3. The van der Waals surface area contributed by atoms with Crippen LogP contribution in [0.25, 0.3) is 0 Å². The van der Waals surface area contributed by atoms with Crippen molar-refractivity contribution in [2.45, 2.75) is 18.4 Å². The van der Waals surface area contributed by atoms with Crippen molar-refractivity contribution in [3.8, 4) is 0 Å². The number of nitrogens with one attached hydrogen (secondary N) is 1. The van der Waals surface area contributed by atoms with E-state index in [1.807, 2.05) is 0 Å². The van der Waals surface area contributed by atoms with Gasteiger partial charge in [0, 0.05) is 19.0 Å². The van der Waals surface area contributed by atoms with Crippen molar-refractivity contribution in [1.29, 1.82) is 0 Å². The Bertz CT molecular complexity index is 564. The van der Waals surface area contributed by atoms with Gasteiger partial charge in [0.1, 0.15) is 5.76 Å². The molecule has 0 radical (unpaired) electrons. The van der Waals surface area contributed by atoms with E-state index in [9.17, 15) is 4.79 Å². The maximum Gasteiger partial charge on any atom is 0.270 e. The second-order valence-corrected chi connectivity index (χ2v) is 4.60. The van der Waals surface area contributed by atoms with Crippen LogP contribution in [0.1, 0.15) is 34.6 Å². The van der Waals surface area contributed by atoms with Crippen molar-refractivity contribution in [2.75, 3.05) is 13.1 Å². The highest BCUT2D eigenvalue weighted by Crippen LogP contribution is 2.28. The van der Waals surface area contributed by atoms with Gasteiger partial charge in [0.15, 0.2) is 12.1 Å². The van der Waals surface area contributed by atoms with Crippen LogP contribution >= 0.6 is 0 Å². The Kier molecular flexibility index (Phi) is 3.00. The maximum absolute atomic E-state index is 11.0. The van der Waals surface area contributed by atoms with Crippen molar-refractivity contribution in [3.63, 3.8) is 0 Å². The first-order chi connectivity index (χ1) is 9.24. The van der Waals surface area contributed by atoms with E-state index in [2.05, 4.69) is 20.6 Å². The van der Waals surface area contributed by atoms with E-state index in [4.69, 9.17) is 10.2 Å². The van der Waals surface area contributed by atoms with Crippen LogP contribution in [0.3, 0.4) is 0 Å². The molecule has 1 amide bonds. The Balaban J connectivity index is 1.75. The molecule has 8 nitrogen and oxygen atoms in total. The minimum absolute atomic E-state index is 0.115. The Hall–Kier alpha value is -2.22. The zero-order valence-corrected chi connectivity index (χ0v) is 10.2. The molecule has 0 saturated carbocycles. The molecule has 1 fully saturated rings. The summed E-state index contributed by atoms with van der Waals surface area (Å²) < 4.78 is 7.01. The Morgan fingerprint density at radius 1 is 1.53 bits per heavy atom. The van der Waals surface area contributed by atoms with Crippen molar-refractivity contribution in [2.24, 2.45) is 5.73 Å². The van der Waals surface area contributed by atoms with Gasteiger partial charge in [0.25, 0.3) is 5.91 Å². The smallest absolute Gasteiger partial charge is 0.270 e. The van der Waals surface area contributed by atoms with E-state index in [0.29, 0.717) is 0 Å². The molecule has 2 aromatic heterocycles. The normalized spacial score (nSPS) is 23.4. The van der Waals surface area contributed by atoms with Crippen LogP contribution in [0.2, 0.25) is 0 Å². The number of amides is 1. The van der Waals surface area contributed by atoms with Gasteiger partial charge in [0.05, 0.1) is 18.4 Å². The third kappa shape index (κ3) is 2.34. The number of piperidine rings is 1. The number of hydrogen-bond donors (Lipinski definition) is 2. The molecule has 19 heavy (non-hydrogen) atoms. The molecule has 0 aliphatic carbocycles. The number of nitrogens with zero attached hydrogens (tertiary/aromatic N) is 4. The molecule has 0 aromatic carbocycles. The zero-order valence-electron chi connectivity index (χ0n) is 10.2. The molecule has 0 spiro atoms. The Labute approximate surface area is 109 Å². The number of carbonyl (C=O) groups excluding carboxylic acids is 1. The van der Waals surface area contributed by atoms with Crippen molar-refractivity contribution >= 4 is 5.91 Å². The number of oxazole rings is 1. The average molecular weight is 262 g/mol. The van der Waals surface area contributed by atoms with Gasteiger partial charge < -0.3 is 15.5 Å². The fourth-order valence-electron chi connectivity index (χ4n) is 2.33. The first-order valence-electron chi connectivity index (χ1n) is 6.05. The predicted octanol–water partition coefficient (Wildman–Crippen LogP) is -0.317. The topological polar surface area (TPSA) is 112 Å². The Morgan fingerprint density at radius 2 is 2.42 bits per heavy atom. The van der Waals surface area contributed by atoms with Crippen LogP contribution in [0.5, 0.6) is 0 Å². The van der Waals surface area contributed by atoms with Crippen molar-refractivity contribution in [1.82, 2.24) is 25.3 Å². The van der Waals surface area contributed by atoms with Gasteiger partial charge in [-0.2, -0.15) is 0 Å². The standard InChI is InChI=1S/C11H14N6O2/c12-11(18)9-5-17(16-15-9)8-1-7(2-13-3-8)10-4-14-6-19-10/h4-8,13H,1-3H2,(H2,12,18)/t7-,8+/m1/s1. The third-order valence-corrected chi connectivity index (χ3v) is 3.32. The highest BCUT2D eigenvalue weighted by Gasteiger charge is 2.27. The van der Waals surface area contributed by atoms with Gasteiger partial charge in [-0.25, -0.2) is 9.67 Å². The molecular weight excluding hydrogens is 248 g/mol. The average Bonchev–Trinajstić information content (AvgIpc) is 3.10. The maximum atomic E-state index is 11.0. The van der Waals surface area contributed by atoms with Gasteiger partial charge >= 0.3 is 0 Å². The molecule has 100 valence electrons. The van der Waals surface area contributed by atoms with Crippen LogP contribution in [0, 0.1) is 0 Å². The first kappa shape index (κ1) is 11.8. The minimum Gasteiger partial charge on any atom is -0.448 e. The summed E-state index contributed by atoms with van der Waals surface area (Å²) >= 11 is 0. The van der Waals surface area contributed by atoms with Crippen LogP contribution < -0.4 is 11.1 Å². The number of primary amides is 1. The molecule has 2 atom stereocenters. The lowest BCUT2D eigenvalue weighted by molar-refractivity contribution is 0.0995. The van der Waals surface area contributed by atoms with Crippen molar-refractivity contribution in [3.05, 3.63) is 30.2 Å². The molecule has 3 N–H and O–H groups in total. The first-order valence-corrected chi connectivity index (χ1v) is 6.05. The summed E-state index contributed by atoms with van der Waals surface area (Å²) in [6.07, 6.45) is 5.59. The van der Waals surface area contributed by atoms with E-state index in [1.165, 1.54) is 6.39 Å². The predicted molar refractivity (Wildman–Crippen MR) is 64.3 cm³/mol. The lowest BCUT2D eigenvalue weighted by Gasteiger charge is -2.28. The van der Waals surface area contributed by atoms with Crippen molar-refractivity contribution < 1.29 is 9.21 Å². The quantitative estimate of drug-likeness (QED) is 0.784. The number of rotatable bonds is 3. The summed E-state index contributed by atoms with van der Waals surface area (Å²) in [5, 5.41) is 11.0. The lowest BCUT2D eigenvalue weighted by atomic mass is 9.94. The molecule has 1 aliphatic rings. The minimum atomic E-state index is -0.568. The van der Waals surface area contributed by atoms with Crippen LogP contribution in [0.15, 0.2) is 23.2 Å². The van der Waals surface area contributed by atoms with E-state index in [0.717, 1.165) is 25.3 Å². The van der Waals surface area contributed by atoms with Crippen LogP contribution in [-0.2, 0) is 0 Å². The number of aromatic nitrogens is 4. The summed E-state index contributed by atoms with van der Waals surface area (Å²) in [5.41, 5.74) is 5.35. The summed E-state index contributed by atoms with van der Waals surface area (Å²) in [6.45, 7) is 1.61. The monoisotopic (exact) mass is 262 g/mol. The molecule has 0 bridgehead atoms. The van der Waals surface area contributed by atoms with Gasteiger partial charge in [0.2, 0.25) is 0 Å².